The number of hydrogen-bond donors (Lipinski definition) is 2. The second kappa shape index (κ2) is 10.1. The Kier molecular flexibility index (Phi) is 6.70. The summed E-state index contributed by atoms with van der Waals surface area (Å²) in [6.45, 7) is -1.04. The zero-order valence-electron chi connectivity index (χ0n) is 18.8. The van der Waals surface area contributed by atoms with E-state index < -0.39 is 48.2 Å². The third kappa shape index (κ3) is 4.57. The molecule has 0 saturated carbocycles. The maximum absolute atomic E-state index is 13.0. The van der Waals surface area contributed by atoms with Crippen LogP contribution < -0.4 is 20.7 Å². The number of carbonyl (C=O) groups is 3. The van der Waals surface area contributed by atoms with Crippen LogP contribution in [0.4, 0.5) is 9.52 Å². The number of imidazole rings is 1. The van der Waals surface area contributed by atoms with Gasteiger partial charge in [0.1, 0.15) is 37.4 Å². The predicted molar refractivity (Wildman–Crippen MR) is 125 cm³/mol. The van der Waals surface area contributed by atoms with Crippen molar-refractivity contribution in [1.82, 2.24) is 29.2 Å². The van der Waals surface area contributed by atoms with Crippen molar-refractivity contribution < 1.29 is 33.3 Å². The number of nitrogen functional groups attached to an aromatic ring is 1. The van der Waals surface area contributed by atoms with Crippen LogP contribution in [-0.4, -0.2) is 77.8 Å². The molecule has 0 aromatic carbocycles. The lowest BCUT2D eigenvalue weighted by molar-refractivity contribution is -0.662. The molecular formula is C20H18FN9O5S2. The number of carbonyl (C=O) groups excluding carboxylic acids is 3. The first-order chi connectivity index (χ1) is 17.9. The normalized spacial score (nSPS) is 19.5. The molecule has 14 nitrogen and oxygen atoms in total. The van der Waals surface area contributed by atoms with E-state index in [1.54, 1.807) is 29.2 Å². The van der Waals surface area contributed by atoms with Crippen molar-refractivity contribution in [3.63, 3.8) is 0 Å². The third-order valence-corrected chi connectivity index (χ3v) is 7.40. The minimum absolute atomic E-state index is 0.0654. The number of nitrogens with two attached hydrogens (primary N) is 1. The molecule has 1 fully saturated rings. The number of aromatic nitrogens is 5. The van der Waals surface area contributed by atoms with E-state index in [9.17, 15) is 23.9 Å². The number of β-lactam (4-membered cyclic amide) rings is 1. The number of carboxylic acid groups (broad SMARTS) is 1. The van der Waals surface area contributed by atoms with E-state index in [-0.39, 0.29) is 29.0 Å². The molecule has 0 spiro atoms. The number of rotatable bonds is 9. The molecule has 2 amide bonds. The van der Waals surface area contributed by atoms with Crippen LogP contribution in [-0.2, 0) is 25.8 Å². The van der Waals surface area contributed by atoms with Crippen molar-refractivity contribution in [3.05, 3.63) is 47.8 Å². The van der Waals surface area contributed by atoms with Crippen LogP contribution in [0.1, 0.15) is 5.82 Å². The molecular weight excluding hydrogens is 529 g/mol. The van der Waals surface area contributed by atoms with E-state index in [4.69, 9.17) is 10.6 Å². The summed E-state index contributed by atoms with van der Waals surface area (Å²) >= 11 is 2.11. The van der Waals surface area contributed by atoms with E-state index in [0.717, 1.165) is 22.1 Å². The fourth-order valence-corrected chi connectivity index (χ4v) is 5.71. The number of aliphatic carboxylic acids is 1. The van der Waals surface area contributed by atoms with Gasteiger partial charge in [-0.25, -0.2) is 8.96 Å². The molecule has 2 aliphatic rings. The molecule has 37 heavy (non-hydrogen) atoms. The standard InChI is InChI=1S/C20H18FN9O5S2/c21-3-7-35-26-12(15-25-20(22)37-27-15)16(31)24-13-17(32)30-14(19(33)34)10(9-36-18(13)30)8-28-5-6-29-11(28)2-1-4-23-29/h1-2,4-6,13,18H,3,7-9H2,(H3-,22,24,25,27,31,33,34)/b26-12-/t13-,18-/m1/s1. The Labute approximate surface area is 215 Å². The lowest BCUT2D eigenvalue weighted by Gasteiger charge is -2.50. The van der Waals surface area contributed by atoms with Crippen LogP contribution in [0, 0.1) is 0 Å². The highest BCUT2D eigenvalue weighted by molar-refractivity contribution is 8.00. The number of nitrogens with zero attached hydrogens (tertiary/aromatic N) is 7. The first-order valence-electron chi connectivity index (χ1n) is 10.7. The van der Waals surface area contributed by atoms with Crippen LogP contribution >= 0.6 is 23.3 Å². The number of hydrogen-bond acceptors (Lipinski definition) is 12. The van der Waals surface area contributed by atoms with Crippen molar-refractivity contribution in [2.75, 3.05) is 24.8 Å². The van der Waals surface area contributed by atoms with Gasteiger partial charge in [-0.05, 0) is 6.07 Å². The van der Waals surface area contributed by atoms with Crippen LogP contribution in [0.3, 0.4) is 0 Å². The average molecular weight is 548 g/mol. The summed E-state index contributed by atoms with van der Waals surface area (Å²) in [5, 5.41) is 21.8. The Morgan fingerprint density at radius 3 is 3.00 bits per heavy atom. The van der Waals surface area contributed by atoms with Crippen LogP contribution in [0.2, 0.25) is 0 Å². The maximum Gasteiger partial charge on any atom is 0.307 e. The highest BCUT2D eigenvalue weighted by Crippen LogP contribution is 2.40. The molecule has 0 radical (unpaired) electrons. The fraction of sp³-hybridized carbons (Fsp3) is 0.300. The molecule has 1 saturated heterocycles. The van der Waals surface area contributed by atoms with E-state index in [2.05, 4.69) is 24.9 Å². The highest BCUT2D eigenvalue weighted by atomic mass is 32.2. The largest absolute Gasteiger partial charge is 0.543 e. The van der Waals surface area contributed by atoms with Crippen molar-refractivity contribution in [2.24, 2.45) is 5.16 Å². The van der Waals surface area contributed by atoms with Gasteiger partial charge in [-0.1, -0.05) is 10.3 Å². The Hall–Kier alpha value is -4.12. The number of halogens is 1. The lowest BCUT2D eigenvalue weighted by atomic mass is 10.0. The Bertz CT molecular complexity index is 1450. The molecule has 5 rings (SSSR count). The summed E-state index contributed by atoms with van der Waals surface area (Å²) in [7, 11) is 0. The smallest absolute Gasteiger partial charge is 0.307 e. The van der Waals surface area contributed by atoms with Crippen LogP contribution in [0.15, 0.2) is 47.1 Å². The van der Waals surface area contributed by atoms with Gasteiger partial charge < -0.3 is 25.8 Å². The number of carboxylic acids is 1. The van der Waals surface area contributed by atoms with Crippen LogP contribution in [0.25, 0.3) is 5.65 Å². The van der Waals surface area contributed by atoms with Crippen molar-refractivity contribution in [2.45, 2.75) is 18.0 Å². The number of nitrogens with one attached hydrogen (secondary N) is 1. The molecule has 2 atom stereocenters. The first kappa shape index (κ1) is 24.6. The minimum atomic E-state index is -1.50. The second-order valence-corrected chi connectivity index (χ2v) is 9.66. The van der Waals surface area contributed by atoms with Gasteiger partial charge in [0.25, 0.3) is 11.8 Å². The molecule has 0 aliphatic carbocycles. The number of alkyl halides is 1. The summed E-state index contributed by atoms with van der Waals surface area (Å²) in [6.07, 6.45) is 5.11. The number of amides is 2. The first-order valence-corrected chi connectivity index (χ1v) is 12.6. The van der Waals surface area contributed by atoms with E-state index >= 15 is 0 Å². The van der Waals surface area contributed by atoms with Gasteiger partial charge in [-0.15, -0.1) is 16.3 Å². The predicted octanol–water partition coefficient (Wildman–Crippen LogP) is -2.15. The summed E-state index contributed by atoms with van der Waals surface area (Å²) in [4.78, 5) is 47.8. The fourth-order valence-electron chi connectivity index (χ4n) is 3.94. The number of thioether (sulfide) groups is 1. The second-order valence-electron chi connectivity index (χ2n) is 7.77. The van der Waals surface area contributed by atoms with Gasteiger partial charge >= 0.3 is 5.65 Å². The highest BCUT2D eigenvalue weighted by Gasteiger charge is 2.53. The van der Waals surface area contributed by atoms with Crippen molar-refractivity contribution >= 4 is 57.6 Å². The Morgan fingerprint density at radius 1 is 1.43 bits per heavy atom. The quantitative estimate of drug-likeness (QED) is 0.0984. The Balaban J connectivity index is 1.36. The topological polar surface area (TPSA) is 184 Å². The van der Waals surface area contributed by atoms with E-state index in [1.807, 2.05) is 10.6 Å². The molecule has 3 N–H and O–H groups in total. The summed E-state index contributed by atoms with van der Waals surface area (Å²) < 4.78 is 19.8. The Morgan fingerprint density at radius 2 is 2.27 bits per heavy atom. The van der Waals surface area contributed by atoms with Crippen molar-refractivity contribution in [1.29, 1.82) is 0 Å². The molecule has 3 aromatic rings. The van der Waals surface area contributed by atoms with Gasteiger partial charge in [-0.2, -0.15) is 9.36 Å². The lowest BCUT2D eigenvalue weighted by Crippen LogP contribution is -2.71. The van der Waals surface area contributed by atoms with E-state index in [1.165, 1.54) is 11.8 Å². The van der Waals surface area contributed by atoms with Gasteiger partial charge in [0, 0.05) is 28.9 Å². The molecule has 0 bridgehead atoms. The SMILES string of the molecule is Nc1nc(/C(=N/OCCF)C(=O)N[C@@H]2C(=O)N3C(C(=O)[O-])=C(C[n+]4ccn5ncccc54)CS[C@H]23)ns1. The van der Waals surface area contributed by atoms with Crippen molar-refractivity contribution in [3.8, 4) is 0 Å². The number of oxime groups is 1. The summed E-state index contributed by atoms with van der Waals surface area (Å²) in [6, 6.07) is 2.53. The maximum atomic E-state index is 13.0. The van der Waals surface area contributed by atoms with Crippen LogP contribution in [0.5, 0.6) is 0 Å². The molecule has 3 aromatic heterocycles. The van der Waals surface area contributed by atoms with Gasteiger partial charge in [0.2, 0.25) is 11.5 Å². The monoisotopic (exact) mass is 547 g/mol. The van der Waals surface area contributed by atoms with E-state index in [0.29, 0.717) is 5.57 Å². The summed E-state index contributed by atoms with van der Waals surface area (Å²) in [5.41, 5.74) is 6.16. The third-order valence-electron chi connectivity index (χ3n) is 5.52. The van der Waals surface area contributed by atoms with Gasteiger partial charge in [0.05, 0.1) is 17.9 Å². The molecule has 0 unspecified atom stereocenters. The summed E-state index contributed by atoms with van der Waals surface area (Å²) in [5.74, 6) is -2.86. The van der Waals surface area contributed by atoms with Gasteiger partial charge in [-0.3, -0.25) is 14.5 Å². The molecule has 5 heterocycles. The number of anilines is 1. The number of fused-ring (bicyclic) bond motifs is 2. The average Bonchev–Trinajstić information content (AvgIpc) is 3.50. The molecule has 2 aliphatic heterocycles. The zero-order valence-corrected chi connectivity index (χ0v) is 20.4. The molecule has 192 valence electrons. The molecule has 17 heteroatoms. The zero-order chi connectivity index (χ0) is 26.1. The minimum Gasteiger partial charge on any atom is -0.543 e. The van der Waals surface area contributed by atoms with Gasteiger partial charge in [0.15, 0.2) is 11.3 Å².